The van der Waals surface area contributed by atoms with Crippen molar-refractivity contribution in [3.8, 4) is 28.7 Å². The van der Waals surface area contributed by atoms with Crippen LogP contribution in [0, 0.1) is 30.9 Å². The standard InChI is InChI=1S/C63H54N12O36S10/c1-30-6-9-35(10-7-30)121(107,108)111-51-24-37(115(89,90)91)21-33-20-36(114(86,87)88)23-47(56(33)51)71-68-44-28-49(109-14-4-16-112(80,81)82)45(18-31(44)2)69-67-43-27-50(110-15-5-17-113(83,84)85)46(19-32(43)3)70-73-59-54(118(98,99)100)25-39-38(61(59)76)11-13-42(63(39)120(104,105)106)66-72-48-29-52(116(92,93)94)40-26-55(119(101,102)103)60(62(77)57(40)58(48)64)74-65-41-12-8-34(75(78)79)22-53(41)117(95,96)97/h6-13,18-29,76-77H,4-5,14-17,64H2,1-3H3,(H,80,81,82)(H,83,84,85)(H,86,87,88)(H,89,90,91)(H,92,93,94)(H,95,96,97)(H,98,99,100)(H,101,102,103)(H,104,105,106). The van der Waals surface area contributed by atoms with Crippen LogP contribution in [0.15, 0.2) is 212 Å². The third-order valence-corrected chi connectivity index (χ3v) is 25.5. The Morgan fingerprint density at radius 3 is 1.29 bits per heavy atom. The molecule has 0 aliphatic heterocycles. The molecule has 0 amide bonds. The fourth-order valence-electron chi connectivity index (χ4n) is 11.0. The summed E-state index contributed by atoms with van der Waals surface area (Å²) in [6.45, 7) is 3.20. The molecule has 0 spiro atoms. The van der Waals surface area contributed by atoms with Crippen LogP contribution < -0.4 is 19.4 Å². The third kappa shape index (κ3) is 21.6. The van der Waals surface area contributed by atoms with Crippen molar-refractivity contribution in [3.05, 3.63) is 148 Å². The quantitative estimate of drug-likeness (QED) is 0.00365. The number of nitrogens with two attached hydrogens (primary N) is 1. The number of anilines is 1. The lowest BCUT2D eigenvalue weighted by Gasteiger charge is -2.15. The molecule has 0 aromatic heterocycles. The highest BCUT2D eigenvalue weighted by molar-refractivity contribution is 7.88. The van der Waals surface area contributed by atoms with Crippen molar-refractivity contribution < 1.29 is 154 Å². The molecule has 58 heteroatoms. The summed E-state index contributed by atoms with van der Waals surface area (Å²) in [5.74, 6) is -6.43. The van der Waals surface area contributed by atoms with E-state index in [4.69, 9.17) is 19.4 Å². The van der Waals surface area contributed by atoms with Crippen LogP contribution in [0.1, 0.15) is 29.5 Å². The smallest absolute Gasteiger partial charge is 0.339 e. The Bertz CT molecular complexity index is 7510. The van der Waals surface area contributed by atoms with E-state index in [9.17, 15) is 145 Å². The molecule has 0 radical (unpaired) electrons. The van der Waals surface area contributed by atoms with Crippen molar-refractivity contribution in [2.24, 2.45) is 51.1 Å². The van der Waals surface area contributed by atoms with Gasteiger partial charge in [-0.05, 0) is 129 Å². The van der Waals surface area contributed by atoms with Crippen LogP contribution in [0.2, 0.25) is 0 Å². The summed E-state index contributed by atoms with van der Waals surface area (Å²) in [5, 5.41) is 68.6. The fourth-order valence-corrected chi connectivity index (χ4v) is 17.5. The number of nitro benzene ring substituents is 1. The number of hydrogen-bond acceptors (Lipinski definition) is 38. The number of fused-ring (bicyclic) bond motifs is 3. The molecular weight excluding hydrogens is 1820 g/mol. The molecule has 0 aliphatic carbocycles. The van der Waals surface area contributed by atoms with Gasteiger partial charge in [0.05, 0.1) is 73.0 Å². The Kier molecular flexibility index (Phi) is 25.5. The van der Waals surface area contributed by atoms with E-state index in [0.717, 1.165) is 36.4 Å². The summed E-state index contributed by atoms with van der Waals surface area (Å²) in [6.07, 6.45) is -0.872. The first kappa shape index (κ1) is 91.6. The number of phenolic OH excluding ortho intramolecular Hbond substituents is 2. The average Bonchev–Trinajstić information content (AvgIpc) is 0.742. The van der Waals surface area contributed by atoms with E-state index in [1.807, 2.05) is 0 Å². The van der Waals surface area contributed by atoms with Crippen LogP contribution in [0.5, 0.6) is 28.7 Å². The third-order valence-electron chi connectivity index (χ3n) is 16.5. The summed E-state index contributed by atoms with van der Waals surface area (Å²) in [4.78, 5) is 0.454. The SMILES string of the molecule is Cc1ccc(S(=O)(=O)Oc2cc(S(=O)(=O)O)cc3cc(S(=O)(=O)O)cc(N=Nc4cc(OCCCS(=O)(=O)O)c(N=Nc5cc(OCCCS(=O)(=O)O)c(N=Nc6c(S(=O)(=O)O)cc7c(S(=O)(=O)O)c(N=Nc8cc(S(=O)(=O)O)c9cc(S(=O)(=O)O)c(N=Nc%10ccc([N+](=O)[O-])cc%10S(=O)(=O)O)c(O)c9c8N)ccc7c6O)cc5C)cc4C)c23)cc1. The number of aromatic hydroxyl groups is 2. The second-order valence-corrected chi connectivity index (χ2v) is 39.6. The van der Waals surface area contributed by atoms with Gasteiger partial charge in [-0.3, -0.25) is 51.1 Å². The summed E-state index contributed by atoms with van der Waals surface area (Å²) >= 11 is 0. The maximum Gasteiger partial charge on any atom is 0.339 e. The van der Waals surface area contributed by atoms with Crippen molar-refractivity contribution in [3.63, 3.8) is 0 Å². The normalized spacial score (nSPS) is 13.3. The van der Waals surface area contributed by atoms with E-state index in [0.29, 0.717) is 60.2 Å². The van der Waals surface area contributed by atoms with Gasteiger partial charge in [-0.2, -0.15) is 94.4 Å². The van der Waals surface area contributed by atoms with Crippen LogP contribution in [0.25, 0.3) is 32.3 Å². The number of aryl methyl sites for hydroxylation is 3. The number of benzene rings is 10. The molecule has 0 aliphatic rings. The molecule has 642 valence electrons. The van der Waals surface area contributed by atoms with Gasteiger partial charge < -0.3 is 29.6 Å². The first-order chi connectivity index (χ1) is 55.7. The number of azo groups is 5. The van der Waals surface area contributed by atoms with E-state index >= 15 is 0 Å². The molecule has 0 unspecified atom stereocenters. The maximum atomic E-state index is 13.7. The van der Waals surface area contributed by atoms with Crippen molar-refractivity contribution in [2.75, 3.05) is 30.5 Å². The molecule has 10 rings (SSSR count). The lowest BCUT2D eigenvalue weighted by molar-refractivity contribution is -0.385. The molecule has 0 fully saturated rings. The van der Waals surface area contributed by atoms with Gasteiger partial charge in [0.2, 0.25) is 0 Å². The number of nitrogen functional groups attached to an aromatic ring is 1. The van der Waals surface area contributed by atoms with Gasteiger partial charge in [0.15, 0.2) is 17.2 Å². The van der Waals surface area contributed by atoms with Crippen LogP contribution in [0.3, 0.4) is 0 Å². The first-order valence-corrected chi connectivity index (χ1v) is 47.1. The Balaban J connectivity index is 1.06. The lowest BCUT2D eigenvalue weighted by atomic mass is 10.0. The Labute approximate surface area is 682 Å². The highest BCUT2D eigenvalue weighted by Crippen LogP contribution is 2.52. The Morgan fingerprint density at radius 2 is 0.810 bits per heavy atom. The van der Waals surface area contributed by atoms with Crippen LogP contribution in [-0.4, -0.2) is 165 Å². The van der Waals surface area contributed by atoms with E-state index in [1.165, 1.54) is 32.0 Å². The second kappa shape index (κ2) is 33.7. The minimum atomic E-state index is -5.86. The molecule has 0 heterocycles. The molecule has 0 saturated carbocycles. The zero-order valence-electron chi connectivity index (χ0n) is 60.5. The zero-order valence-corrected chi connectivity index (χ0v) is 68.7. The molecule has 10 aromatic rings. The van der Waals surface area contributed by atoms with Gasteiger partial charge >= 0.3 is 10.1 Å². The molecule has 13 N–H and O–H groups in total. The van der Waals surface area contributed by atoms with Crippen LogP contribution in [0.4, 0.5) is 68.2 Å². The van der Waals surface area contributed by atoms with Crippen LogP contribution in [-0.2, 0) is 101 Å². The minimum Gasteiger partial charge on any atom is -0.505 e. The minimum absolute atomic E-state index is 0.0194. The van der Waals surface area contributed by atoms with Crippen molar-refractivity contribution in [1.29, 1.82) is 0 Å². The lowest BCUT2D eigenvalue weighted by Crippen LogP contribution is -2.11. The largest absolute Gasteiger partial charge is 0.505 e. The topological polar surface area (TPSA) is 784 Å². The number of nitro groups is 1. The summed E-state index contributed by atoms with van der Waals surface area (Å²) < 4.78 is 362. The molecule has 0 bridgehead atoms. The Morgan fingerprint density at radius 1 is 0.372 bits per heavy atom. The van der Waals surface area contributed by atoms with E-state index in [2.05, 4.69) is 51.1 Å². The fraction of sp³-hybridized carbons (Fsp3) is 0.143. The molecule has 0 atom stereocenters. The summed E-state index contributed by atoms with van der Waals surface area (Å²) in [5.41, 5.74) is -2.58. The number of ether oxygens (including phenoxy) is 2. The summed E-state index contributed by atoms with van der Waals surface area (Å²) in [6, 6.07) is 15.8. The summed E-state index contributed by atoms with van der Waals surface area (Å²) in [7, 11) is -53.2. The van der Waals surface area contributed by atoms with Gasteiger partial charge in [0.1, 0.15) is 80.7 Å². The first-order valence-electron chi connectivity index (χ1n) is 32.4. The highest BCUT2D eigenvalue weighted by atomic mass is 32.3. The average molecular weight is 1880 g/mol. The van der Waals surface area contributed by atoms with Crippen molar-refractivity contribution in [1.82, 2.24) is 0 Å². The molecule has 10 aromatic carbocycles. The predicted octanol–water partition coefficient (Wildman–Crippen LogP) is 11.9. The predicted molar refractivity (Wildman–Crippen MR) is 417 cm³/mol. The number of rotatable bonds is 31. The van der Waals surface area contributed by atoms with Crippen molar-refractivity contribution in [2.45, 2.75) is 72.8 Å². The molecular formula is C63H54N12O36S10. The molecule has 48 nitrogen and oxygen atoms in total. The van der Waals surface area contributed by atoms with E-state index in [-0.39, 0.29) is 46.1 Å². The zero-order chi connectivity index (χ0) is 89.8. The van der Waals surface area contributed by atoms with E-state index < -0.39 is 289 Å². The van der Waals surface area contributed by atoms with Gasteiger partial charge in [-0.25, -0.2) is 0 Å². The number of non-ortho nitro benzene ring substituents is 1. The van der Waals surface area contributed by atoms with E-state index in [1.54, 1.807) is 6.92 Å². The van der Waals surface area contributed by atoms with Gasteiger partial charge in [0, 0.05) is 46.5 Å². The Hall–Kier alpha value is -11.7. The highest BCUT2D eigenvalue weighted by Gasteiger charge is 2.33. The van der Waals surface area contributed by atoms with Crippen LogP contribution >= 0.6 is 0 Å². The maximum absolute atomic E-state index is 13.7. The van der Waals surface area contributed by atoms with Gasteiger partial charge in [0.25, 0.3) is 96.8 Å². The number of hydrogen-bond donors (Lipinski definition) is 12. The number of nitrogens with zero attached hydrogens (tertiary/aromatic N) is 11. The van der Waals surface area contributed by atoms with Gasteiger partial charge in [-0.1, -0.05) is 17.7 Å². The van der Waals surface area contributed by atoms with Gasteiger partial charge in [-0.15, -0.1) is 40.9 Å². The molecule has 121 heavy (non-hydrogen) atoms. The monoisotopic (exact) mass is 1870 g/mol. The second-order valence-electron chi connectivity index (χ2n) is 25.1. The number of phenols is 2. The molecule has 0 saturated heterocycles. The van der Waals surface area contributed by atoms with Crippen molar-refractivity contribution >= 4 is 202 Å².